The highest BCUT2D eigenvalue weighted by atomic mass is 16.1. The number of carbonyl (C=O) groups is 1. The van der Waals surface area contributed by atoms with Crippen molar-refractivity contribution in [3.05, 3.63) is 70.9 Å². The number of nitrogens with zero attached hydrogens (tertiary/aromatic N) is 1. The van der Waals surface area contributed by atoms with Gasteiger partial charge in [-0.15, -0.1) is 0 Å². The Balaban J connectivity index is 2.09. The summed E-state index contributed by atoms with van der Waals surface area (Å²) in [5.74, 6) is -0.0908. The summed E-state index contributed by atoms with van der Waals surface area (Å²) in [5.41, 5.74) is 5.34. The van der Waals surface area contributed by atoms with Crippen molar-refractivity contribution in [3.8, 4) is 0 Å². The molecule has 1 N–H and O–H groups in total. The summed E-state index contributed by atoms with van der Waals surface area (Å²) in [6.07, 6.45) is 0.724. The van der Waals surface area contributed by atoms with Crippen LogP contribution in [-0.4, -0.2) is 10.9 Å². The smallest absolute Gasteiger partial charge is 0.257 e. The topological polar surface area (TPSA) is 42.0 Å². The van der Waals surface area contributed by atoms with Gasteiger partial charge in [0.15, 0.2) is 0 Å². The summed E-state index contributed by atoms with van der Waals surface area (Å²) in [7, 11) is 0. The average molecular weight is 304 g/mol. The minimum atomic E-state index is -0.0908. The Hall–Kier alpha value is -2.68. The molecule has 3 rings (SSSR count). The fourth-order valence-corrected chi connectivity index (χ4v) is 2.90. The molecule has 3 nitrogen and oxygen atoms in total. The van der Waals surface area contributed by atoms with Crippen LogP contribution in [0.2, 0.25) is 0 Å². The zero-order valence-electron chi connectivity index (χ0n) is 13.7. The Morgan fingerprint density at radius 2 is 1.74 bits per heavy atom. The molecule has 0 fully saturated rings. The molecule has 0 saturated heterocycles. The molecular weight excluding hydrogens is 284 g/mol. The highest BCUT2D eigenvalue weighted by Gasteiger charge is 2.18. The number of fused-ring (bicyclic) bond motifs is 1. The number of para-hydroxylation sites is 2. The third-order valence-corrected chi connectivity index (χ3v) is 4.18. The van der Waals surface area contributed by atoms with E-state index in [1.807, 2.05) is 69.3 Å². The van der Waals surface area contributed by atoms with E-state index in [2.05, 4.69) is 10.3 Å². The van der Waals surface area contributed by atoms with Crippen molar-refractivity contribution in [2.45, 2.75) is 27.2 Å². The molecule has 0 aliphatic carbocycles. The van der Waals surface area contributed by atoms with E-state index in [1.54, 1.807) is 0 Å². The number of aromatic nitrogens is 1. The first-order chi connectivity index (χ1) is 11.1. The maximum Gasteiger partial charge on any atom is 0.257 e. The Kier molecular flexibility index (Phi) is 4.11. The molecule has 3 aromatic rings. The summed E-state index contributed by atoms with van der Waals surface area (Å²) in [6, 6.07) is 15.8. The van der Waals surface area contributed by atoms with Crippen molar-refractivity contribution in [1.29, 1.82) is 0 Å². The normalized spacial score (nSPS) is 10.7. The fraction of sp³-hybridized carbons (Fsp3) is 0.200. The number of carbonyl (C=O) groups excluding carboxylic acids is 1. The first kappa shape index (κ1) is 15.2. The number of hydrogen-bond donors (Lipinski definition) is 1. The molecule has 0 saturated carbocycles. The fourth-order valence-electron chi connectivity index (χ4n) is 2.90. The van der Waals surface area contributed by atoms with Gasteiger partial charge in [0.1, 0.15) is 0 Å². The van der Waals surface area contributed by atoms with Crippen LogP contribution < -0.4 is 5.32 Å². The molecule has 23 heavy (non-hydrogen) atoms. The zero-order chi connectivity index (χ0) is 16.4. The van der Waals surface area contributed by atoms with Gasteiger partial charge in [0.25, 0.3) is 5.91 Å². The van der Waals surface area contributed by atoms with Crippen LogP contribution >= 0.6 is 0 Å². The molecule has 0 unspecified atom stereocenters. The minimum absolute atomic E-state index is 0.0908. The second kappa shape index (κ2) is 6.21. The van der Waals surface area contributed by atoms with Crippen molar-refractivity contribution in [2.24, 2.45) is 0 Å². The van der Waals surface area contributed by atoms with E-state index >= 15 is 0 Å². The molecule has 2 aromatic carbocycles. The molecule has 1 heterocycles. The Labute approximate surface area is 136 Å². The van der Waals surface area contributed by atoms with Crippen molar-refractivity contribution >= 4 is 22.5 Å². The summed E-state index contributed by atoms with van der Waals surface area (Å²) >= 11 is 0. The van der Waals surface area contributed by atoms with E-state index < -0.39 is 0 Å². The number of aryl methyl sites for hydroxylation is 3. The Morgan fingerprint density at radius 1 is 1.04 bits per heavy atom. The van der Waals surface area contributed by atoms with Crippen LogP contribution in [0.1, 0.15) is 34.1 Å². The quantitative estimate of drug-likeness (QED) is 0.764. The number of benzene rings is 2. The van der Waals surface area contributed by atoms with E-state index in [0.717, 1.165) is 39.8 Å². The largest absolute Gasteiger partial charge is 0.322 e. The van der Waals surface area contributed by atoms with Gasteiger partial charge in [0, 0.05) is 11.1 Å². The lowest BCUT2D eigenvalue weighted by molar-refractivity contribution is 0.102. The van der Waals surface area contributed by atoms with Crippen LogP contribution in [0, 0.1) is 13.8 Å². The lowest BCUT2D eigenvalue weighted by Gasteiger charge is -2.15. The predicted octanol–water partition coefficient (Wildman–Crippen LogP) is 4.67. The molecule has 0 aliphatic heterocycles. The molecule has 3 heteroatoms. The van der Waals surface area contributed by atoms with Gasteiger partial charge in [-0.1, -0.05) is 43.3 Å². The lowest BCUT2D eigenvalue weighted by atomic mass is 9.99. The third-order valence-electron chi connectivity index (χ3n) is 4.18. The van der Waals surface area contributed by atoms with Gasteiger partial charge in [-0.25, -0.2) is 0 Å². The third kappa shape index (κ3) is 2.82. The minimum Gasteiger partial charge on any atom is -0.322 e. The van der Waals surface area contributed by atoms with Crippen LogP contribution in [0.4, 0.5) is 5.69 Å². The standard InChI is InChI=1S/C20H20N2O/c1-4-16-19(14(3)15-10-6-8-12-18(15)21-16)20(23)22-17-11-7-5-9-13(17)2/h5-12H,4H2,1-3H3,(H,22,23). The van der Waals surface area contributed by atoms with Crippen molar-refractivity contribution in [1.82, 2.24) is 4.98 Å². The number of hydrogen-bond acceptors (Lipinski definition) is 2. The van der Waals surface area contributed by atoms with Gasteiger partial charge in [-0.05, 0) is 43.5 Å². The SMILES string of the molecule is CCc1nc2ccccc2c(C)c1C(=O)Nc1ccccc1C. The average Bonchev–Trinajstić information content (AvgIpc) is 2.56. The van der Waals surface area contributed by atoms with Crippen LogP contribution in [0.15, 0.2) is 48.5 Å². The molecule has 0 radical (unpaired) electrons. The highest BCUT2D eigenvalue weighted by Crippen LogP contribution is 2.25. The molecule has 0 atom stereocenters. The first-order valence-corrected chi connectivity index (χ1v) is 7.87. The second-order valence-corrected chi connectivity index (χ2v) is 5.70. The number of amides is 1. The molecule has 0 spiro atoms. The zero-order valence-corrected chi connectivity index (χ0v) is 13.7. The van der Waals surface area contributed by atoms with E-state index in [-0.39, 0.29) is 5.91 Å². The number of anilines is 1. The second-order valence-electron chi connectivity index (χ2n) is 5.70. The maximum absolute atomic E-state index is 12.9. The molecular formula is C20H20N2O. The van der Waals surface area contributed by atoms with Gasteiger partial charge < -0.3 is 5.32 Å². The van der Waals surface area contributed by atoms with Gasteiger partial charge in [-0.3, -0.25) is 9.78 Å². The van der Waals surface area contributed by atoms with Gasteiger partial charge in [-0.2, -0.15) is 0 Å². The maximum atomic E-state index is 12.9. The van der Waals surface area contributed by atoms with Gasteiger partial charge >= 0.3 is 0 Å². The summed E-state index contributed by atoms with van der Waals surface area (Å²) < 4.78 is 0. The molecule has 0 aliphatic rings. The predicted molar refractivity (Wildman–Crippen MR) is 95.0 cm³/mol. The Bertz CT molecular complexity index is 884. The van der Waals surface area contributed by atoms with E-state index in [9.17, 15) is 4.79 Å². The summed E-state index contributed by atoms with van der Waals surface area (Å²) in [5, 5.41) is 4.06. The summed E-state index contributed by atoms with van der Waals surface area (Å²) in [6.45, 7) is 6.01. The first-order valence-electron chi connectivity index (χ1n) is 7.87. The van der Waals surface area contributed by atoms with Gasteiger partial charge in [0.05, 0.1) is 16.8 Å². The number of pyridine rings is 1. The van der Waals surface area contributed by atoms with Crippen LogP contribution in [-0.2, 0) is 6.42 Å². The van der Waals surface area contributed by atoms with Gasteiger partial charge in [0.2, 0.25) is 0 Å². The molecule has 1 aromatic heterocycles. The molecule has 0 bridgehead atoms. The highest BCUT2D eigenvalue weighted by molar-refractivity contribution is 6.08. The lowest BCUT2D eigenvalue weighted by Crippen LogP contribution is -2.17. The van der Waals surface area contributed by atoms with Crippen LogP contribution in [0.3, 0.4) is 0 Å². The van der Waals surface area contributed by atoms with Crippen LogP contribution in [0.25, 0.3) is 10.9 Å². The van der Waals surface area contributed by atoms with Crippen molar-refractivity contribution in [3.63, 3.8) is 0 Å². The van der Waals surface area contributed by atoms with E-state index in [1.165, 1.54) is 0 Å². The number of nitrogens with one attached hydrogen (secondary N) is 1. The number of rotatable bonds is 3. The van der Waals surface area contributed by atoms with Crippen molar-refractivity contribution < 1.29 is 4.79 Å². The molecule has 116 valence electrons. The summed E-state index contributed by atoms with van der Waals surface area (Å²) in [4.78, 5) is 17.5. The Morgan fingerprint density at radius 3 is 2.48 bits per heavy atom. The van der Waals surface area contributed by atoms with E-state index in [0.29, 0.717) is 5.56 Å². The van der Waals surface area contributed by atoms with Crippen molar-refractivity contribution in [2.75, 3.05) is 5.32 Å². The van der Waals surface area contributed by atoms with E-state index in [4.69, 9.17) is 0 Å². The monoisotopic (exact) mass is 304 g/mol. The molecule has 1 amide bonds. The van der Waals surface area contributed by atoms with Crippen LogP contribution in [0.5, 0.6) is 0 Å².